The first kappa shape index (κ1) is 27.6. The number of amides is 2. The highest BCUT2D eigenvalue weighted by Gasteiger charge is 2.33. The lowest BCUT2D eigenvalue weighted by atomic mass is 10.0. The minimum absolute atomic E-state index is 0.0558. The monoisotopic (exact) mass is 596 g/mol. The molecule has 42 heavy (non-hydrogen) atoms. The van der Waals surface area contributed by atoms with Gasteiger partial charge in [0, 0.05) is 17.7 Å². The van der Waals surface area contributed by atoms with E-state index in [1.165, 1.54) is 28.9 Å². The fraction of sp³-hybridized carbons (Fsp3) is 0.129. The van der Waals surface area contributed by atoms with Crippen LogP contribution >= 0.6 is 23.1 Å². The van der Waals surface area contributed by atoms with E-state index in [2.05, 4.69) is 15.5 Å². The van der Waals surface area contributed by atoms with Gasteiger partial charge in [-0.3, -0.25) is 14.2 Å². The van der Waals surface area contributed by atoms with Crippen molar-refractivity contribution in [3.63, 3.8) is 0 Å². The highest BCUT2D eigenvalue weighted by Crippen LogP contribution is 2.35. The quantitative estimate of drug-likeness (QED) is 0.215. The fourth-order valence-corrected chi connectivity index (χ4v) is 6.21. The zero-order valence-corrected chi connectivity index (χ0v) is 23.9. The average molecular weight is 597 g/mol. The number of hydrazone groups is 1. The molecule has 11 heteroatoms. The Morgan fingerprint density at radius 3 is 2.38 bits per heavy atom. The first-order valence-electron chi connectivity index (χ1n) is 13.2. The standard InChI is InChI=1S/C31H25FN6O2S2/c32-23-15-13-21(14-16-23)26-18-25(27-12-7-17-41-27)36-38(26)29(39)20-42-31-35-34-28(37(31)24-10-5-2-6-11-24)19-33-30(40)22-8-3-1-4-9-22/h1-17,26H,18-20H2,(H,33,40)/t26-/m0/s1. The maximum absolute atomic E-state index is 13.7. The number of aromatic nitrogens is 3. The molecule has 3 aromatic carbocycles. The number of hydrogen-bond acceptors (Lipinski definition) is 7. The summed E-state index contributed by atoms with van der Waals surface area (Å²) in [5.41, 5.74) is 2.99. The van der Waals surface area contributed by atoms with E-state index < -0.39 is 0 Å². The lowest BCUT2D eigenvalue weighted by molar-refractivity contribution is -0.130. The van der Waals surface area contributed by atoms with E-state index in [0.717, 1.165) is 21.8 Å². The predicted octanol–water partition coefficient (Wildman–Crippen LogP) is 5.87. The van der Waals surface area contributed by atoms with Crippen molar-refractivity contribution in [2.24, 2.45) is 5.10 Å². The molecule has 0 spiro atoms. The number of para-hydroxylation sites is 1. The molecule has 3 heterocycles. The Labute approximate surface area is 249 Å². The van der Waals surface area contributed by atoms with Crippen molar-refractivity contribution in [2.75, 3.05) is 5.75 Å². The summed E-state index contributed by atoms with van der Waals surface area (Å²) < 4.78 is 15.5. The van der Waals surface area contributed by atoms with Crippen molar-refractivity contribution in [2.45, 2.75) is 24.2 Å². The Hall–Kier alpha value is -4.61. The van der Waals surface area contributed by atoms with E-state index >= 15 is 0 Å². The van der Waals surface area contributed by atoms with Crippen molar-refractivity contribution in [1.29, 1.82) is 0 Å². The van der Waals surface area contributed by atoms with Crippen LogP contribution in [0.1, 0.15) is 39.1 Å². The zero-order valence-electron chi connectivity index (χ0n) is 22.3. The molecule has 0 saturated heterocycles. The number of hydrogen-bond donors (Lipinski definition) is 1. The molecule has 0 radical (unpaired) electrons. The molecule has 2 amide bonds. The molecule has 0 bridgehead atoms. The molecule has 210 valence electrons. The lowest BCUT2D eigenvalue weighted by Gasteiger charge is -2.22. The number of carbonyl (C=O) groups excluding carboxylic acids is 2. The normalized spacial score (nSPS) is 14.5. The van der Waals surface area contributed by atoms with Crippen LogP contribution in [0.3, 0.4) is 0 Å². The maximum Gasteiger partial charge on any atom is 0.253 e. The first-order valence-corrected chi connectivity index (χ1v) is 15.1. The van der Waals surface area contributed by atoms with E-state index in [1.807, 2.05) is 70.6 Å². The second-order valence-corrected chi connectivity index (χ2v) is 11.3. The van der Waals surface area contributed by atoms with Gasteiger partial charge in [-0.15, -0.1) is 21.5 Å². The van der Waals surface area contributed by atoms with Crippen LogP contribution in [0, 0.1) is 5.82 Å². The maximum atomic E-state index is 13.7. The molecular weight excluding hydrogens is 572 g/mol. The average Bonchev–Trinajstić information content (AvgIpc) is 3.80. The summed E-state index contributed by atoms with van der Waals surface area (Å²) in [4.78, 5) is 27.3. The SMILES string of the molecule is O=C(NCc1nnc(SCC(=O)N2N=C(c3cccs3)C[C@H]2c2ccc(F)cc2)n1-c1ccccc1)c1ccccc1. The van der Waals surface area contributed by atoms with Gasteiger partial charge in [-0.1, -0.05) is 66.4 Å². The van der Waals surface area contributed by atoms with Gasteiger partial charge in [0.25, 0.3) is 11.8 Å². The van der Waals surface area contributed by atoms with Gasteiger partial charge in [-0.25, -0.2) is 9.40 Å². The van der Waals surface area contributed by atoms with Gasteiger partial charge >= 0.3 is 0 Å². The van der Waals surface area contributed by atoms with Crippen molar-refractivity contribution in [3.05, 3.63) is 130 Å². The Bertz CT molecular complexity index is 1710. The summed E-state index contributed by atoms with van der Waals surface area (Å²) in [6.07, 6.45) is 0.536. The van der Waals surface area contributed by atoms with Gasteiger partial charge in [0.1, 0.15) is 5.82 Å². The van der Waals surface area contributed by atoms with Crippen LogP contribution in [0.5, 0.6) is 0 Å². The van der Waals surface area contributed by atoms with Crippen molar-refractivity contribution < 1.29 is 14.0 Å². The summed E-state index contributed by atoms with van der Waals surface area (Å²) in [6, 6.07) is 28.3. The van der Waals surface area contributed by atoms with Crippen molar-refractivity contribution in [3.8, 4) is 5.69 Å². The largest absolute Gasteiger partial charge is 0.345 e. The van der Waals surface area contributed by atoms with Gasteiger partial charge in [0.2, 0.25) is 0 Å². The Morgan fingerprint density at radius 1 is 0.929 bits per heavy atom. The second kappa shape index (κ2) is 12.5. The van der Waals surface area contributed by atoms with Crippen LogP contribution in [0.2, 0.25) is 0 Å². The molecule has 0 aliphatic carbocycles. The first-order chi connectivity index (χ1) is 20.6. The van der Waals surface area contributed by atoms with E-state index in [9.17, 15) is 14.0 Å². The van der Waals surface area contributed by atoms with Gasteiger partial charge < -0.3 is 5.32 Å². The number of carbonyl (C=O) groups is 2. The molecule has 5 aromatic rings. The zero-order chi connectivity index (χ0) is 28.9. The lowest BCUT2D eigenvalue weighted by Crippen LogP contribution is -2.28. The van der Waals surface area contributed by atoms with E-state index in [0.29, 0.717) is 23.0 Å². The number of nitrogens with one attached hydrogen (secondary N) is 1. The Morgan fingerprint density at radius 2 is 1.67 bits per heavy atom. The minimum atomic E-state index is -0.341. The second-order valence-electron chi connectivity index (χ2n) is 9.44. The topological polar surface area (TPSA) is 92.5 Å². The summed E-state index contributed by atoms with van der Waals surface area (Å²) >= 11 is 2.81. The highest BCUT2D eigenvalue weighted by atomic mass is 32.2. The number of thioether (sulfide) groups is 1. The van der Waals surface area contributed by atoms with Gasteiger partial charge in [-0.05, 0) is 53.4 Å². The summed E-state index contributed by atoms with van der Waals surface area (Å²) in [7, 11) is 0. The molecule has 6 rings (SSSR count). The molecule has 8 nitrogen and oxygen atoms in total. The van der Waals surface area contributed by atoms with Crippen LogP contribution in [0.15, 0.2) is 113 Å². The van der Waals surface area contributed by atoms with Crippen LogP contribution < -0.4 is 5.32 Å². The predicted molar refractivity (Wildman–Crippen MR) is 161 cm³/mol. The smallest absolute Gasteiger partial charge is 0.253 e. The minimum Gasteiger partial charge on any atom is -0.345 e. The van der Waals surface area contributed by atoms with Crippen LogP contribution in [-0.2, 0) is 11.3 Å². The summed E-state index contributed by atoms with van der Waals surface area (Å²) in [5, 5.41) is 20.3. The molecule has 0 saturated carbocycles. The molecule has 0 unspecified atom stereocenters. The van der Waals surface area contributed by atoms with Crippen LogP contribution in [0.4, 0.5) is 4.39 Å². The number of thiophene rings is 1. The molecular formula is C31H25FN6O2S2. The molecule has 1 atom stereocenters. The number of benzene rings is 3. The Kier molecular flexibility index (Phi) is 8.20. The molecule has 1 aliphatic rings. The summed E-state index contributed by atoms with van der Waals surface area (Å²) in [6.45, 7) is 0.150. The van der Waals surface area contributed by atoms with Gasteiger partial charge in [0.15, 0.2) is 11.0 Å². The van der Waals surface area contributed by atoms with E-state index in [-0.39, 0.29) is 36.0 Å². The third-order valence-electron chi connectivity index (χ3n) is 6.71. The van der Waals surface area contributed by atoms with Gasteiger partial charge in [0.05, 0.1) is 28.9 Å². The van der Waals surface area contributed by atoms with Gasteiger partial charge in [-0.2, -0.15) is 5.10 Å². The molecule has 1 N–H and O–H groups in total. The number of rotatable bonds is 9. The van der Waals surface area contributed by atoms with Crippen molar-refractivity contribution in [1.82, 2.24) is 25.1 Å². The Balaban J connectivity index is 1.22. The van der Waals surface area contributed by atoms with E-state index in [4.69, 9.17) is 5.10 Å². The fourth-order valence-electron chi connectivity index (χ4n) is 4.66. The molecule has 2 aromatic heterocycles. The summed E-state index contributed by atoms with van der Waals surface area (Å²) in [5.74, 6) is -0.171. The number of nitrogens with zero attached hydrogens (tertiary/aromatic N) is 5. The van der Waals surface area contributed by atoms with Crippen LogP contribution in [0.25, 0.3) is 5.69 Å². The third-order valence-corrected chi connectivity index (χ3v) is 8.54. The van der Waals surface area contributed by atoms with E-state index in [1.54, 1.807) is 35.6 Å². The molecule has 0 fully saturated rings. The highest BCUT2D eigenvalue weighted by molar-refractivity contribution is 7.99. The molecule has 1 aliphatic heterocycles. The number of halogens is 1. The van der Waals surface area contributed by atoms with Crippen LogP contribution in [-0.4, -0.2) is 43.1 Å². The van der Waals surface area contributed by atoms with Crippen molar-refractivity contribution >= 4 is 40.6 Å². The third kappa shape index (κ3) is 6.02.